The van der Waals surface area contributed by atoms with E-state index in [1.54, 1.807) is 16.0 Å². The number of fused-ring (bicyclic) bond motifs is 1. The summed E-state index contributed by atoms with van der Waals surface area (Å²) in [5.74, 6) is 0.371. The van der Waals surface area contributed by atoms with Gasteiger partial charge in [0.1, 0.15) is 0 Å². The van der Waals surface area contributed by atoms with Crippen molar-refractivity contribution >= 4 is 39.7 Å². The Hall–Kier alpha value is -1.89. The monoisotopic (exact) mass is 390 g/mol. The van der Waals surface area contributed by atoms with Gasteiger partial charge < -0.3 is 10.2 Å². The summed E-state index contributed by atoms with van der Waals surface area (Å²) < 4.78 is 3.07. The Bertz CT molecular complexity index is 906. The molecule has 2 atom stereocenters. The van der Waals surface area contributed by atoms with Crippen molar-refractivity contribution in [2.24, 2.45) is 13.0 Å². The van der Waals surface area contributed by atoms with Gasteiger partial charge in [-0.1, -0.05) is 18.2 Å². The van der Waals surface area contributed by atoms with Crippen molar-refractivity contribution in [2.75, 3.05) is 20.1 Å². The van der Waals surface area contributed by atoms with Crippen LogP contribution in [-0.2, 0) is 18.4 Å². The number of amides is 1. The van der Waals surface area contributed by atoms with Crippen LogP contribution in [0.25, 0.3) is 10.1 Å². The molecule has 138 valence electrons. The average Bonchev–Trinajstić information content (AvgIpc) is 3.34. The number of nitrogens with one attached hydrogen (secondary N) is 1. The molecule has 0 bridgehead atoms. The summed E-state index contributed by atoms with van der Waals surface area (Å²) in [7, 11) is 3.82. The van der Waals surface area contributed by atoms with Crippen LogP contribution in [0.5, 0.6) is 0 Å². The number of benzene rings is 1. The van der Waals surface area contributed by atoms with E-state index in [2.05, 4.69) is 40.1 Å². The second-order valence-electron chi connectivity index (χ2n) is 6.77. The molecule has 2 aromatic heterocycles. The smallest absolute Gasteiger partial charge is 0.227 e. The molecule has 1 aliphatic heterocycles. The molecule has 1 fully saturated rings. The molecule has 7 heteroatoms. The van der Waals surface area contributed by atoms with Gasteiger partial charge in [-0.2, -0.15) is 5.10 Å². The molecular formula is C19H23ClN4OS. The first-order valence-electron chi connectivity index (χ1n) is 8.53. The molecule has 0 unspecified atom stereocenters. The third-order valence-electron chi connectivity index (χ3n) is 5.03. The molecule has 1 aliphatic rings. The largest absolute Gasteiger partial charge is 0.341 e. The number of nitrogens with zero attached hydrogens (tertiary/aromatic N) is 3. The summed E-state index contributed by atoms with van der Waals surface area (Å²) >= 11 is 1.74. The maximum atomic E-state index is 13.1. The summed E-state index contributed by atoms with van der Waals surface area (Å²) in [5.41, 5.74) is 2.36. The third-order valence-corrected chi connectivity index (χ3v) is 6.04. The Labute approximate surface area is 163 Å². The van der Waals surface area contributed by atoms with Crippen molar-refractivity contribution in [3.8, 4) is 0 Å². The average molecular weight is 391 g/mol. The highest BCUT2D eigenvalue weighted by Crippen LogP contribution is 2.31. The lowest BCUT2D eigenvalue weighted by Crippen LogP contribution is -2.35. The molecule has 1 saturated heterocycles. The van der Waals surface area contributed by atoms with Gasteiger partial charge in [0.15, 0.2) is 0 Å². The molecule has 0 radical (unpaired) electrons. The first kappa shape index (κ1) is 18.9. The maximum absolute atomic E-state index is 13.1. The van der Waals surface area contributed by atoms with Crippen LogP contribution in [-0.4, -0.2) is 40.7 Å². The molecule has 4 rings (SSSR count). The number of thiophene rings is 1. The summed E-state index contributed by atoms with van der Waals surface area (Å²) in [6, 6.07) is 8.37. The zero-order chi connectivity index (χ0) is 17.4. The lowest BCUT2D eigenvalue weighted by atomic mass is 9.90. The van der Waals surface area contributed by atoms with Crippen LogP contribution in [0.3, 0.4) is 0 Å². The molecule has 3 heterocycles. The zero-order valence-corrected chi connectivity index (χ0v) is 16.5. The number of aromatic nitrogens is 2. The van der Waals surface area contributed by atoms with Crippen molar-refractivity contribution in [1.29, 1.82) is 0 Å². The third kappa shape index (κ3) is 3.49. The van der Waals surface area contributed by atoms with E-state index in [4.69, 9.17) is 0 Å². The Balaban J connectivity index is 0.00000196. The minimum atomic E-state index is -0.0286. The lowest BCUT2D eigenvalue weighted by Gasteiger charge is -2.24. The first-order valence-corrected chi connectivity index (χ1v) is 9.41. The minimum Gasteiger partial charge on any atom is -0.341 e. The van der Waals surface area contributed by atoms with Crippen LogP contribution in [0.2, 0.25) is 0 Å². The SMILES string of the molecule is CN(Cc1csc2ccccc12)C(=O)[C@H]1CNC[C@@H]1c1cnn(C)c1.Cl. The second kappa shape index (κ2) is 7.78. The van der Waals surface area contributed by atoms with Crippen molar-refractivity contribution in [1.82, 2.24) is 20.0 Å². The van der Waals surface area contributed by atoms with Gasteiger partial charge in [-0.15, -0.1) is 23.7 Å². The van der Waals surface area contributed by atoms with Crippen LogP contribution in [0.15, 0.2) is 42.0 Å². The molecule has 1 N–H and O–H groups in total. The van der Waals surface area contributed by atoms with Crippen LogP contribution in [0.4, 0.5) is 0 Å². The zero-order valence-electron chi connectivity index (χ0n) is 14.9. The van der Waals surface area contributed by atoms with Gasteiger partial charge >= 0.3 is 0 Å². The van der Waals surface area contributed by atoms with Crippen molar-refractivity contribution in [2.45, 2.75) is 12.5 Å². The number of aryl methyl sites for hydroxylation is 1. The van der Waals surface area contributed by atoms with E-state index in [1.807, 2.05) is 31.4 Å². The van der Waals surface area contributed by atoms with Gasteiger partial charge in [0.05, 0.1) is 12.1 Å². The number of carbonyl (C=O) groups excluding carboxylic acids is 1. The molecule has 1 aromatic carbocycles. The number of hydrogen-bond acceptors (Lipinski definition) is 4. The predicted molar refractivity (Wildman–Crippen MR) is 108 cm³/mol. The second-order valence-corrected chi connectivity index (χ2v) is 7.68. The standard InChI is InChI=1S/C19H22N4OS.ClH/c1-22(10-14-12-25-18-6-4-3-5-15(14)18)19(24)17-9-20-8-16(17)13-7-21-23(2)11-13;/h3-7,11-12,16-17,20H,8-10H2,1-2H3;1H/t16-,17+;/m1./s1. The number of halogens is 1. The molecule has 1 amide bonds. The molecule has 5 nitrogen and oxygen atoms in total. The highest BCUT2D eigenvalue weighted by atomic mass is 35.5. The van der Waals surface area contributed by atoms with E-state index in [9.17, 15) is 4.79 Å². The highest BCUT2D eigenvalue weighted by molar-refractivity contribution is 7.17. The van der Waals surface area contributed by atoms with Crippen molar-refractivity contribution < 1.29 is 4.79 Å². The fourth-order valence-electron chi connectivity index (χ4n) is 3.69. The first-order chi connectivity index (χ1) is 12.1. The van der Waals surface area contributed by atoms with Crippen LogP contribution >= 0.6 is 23.7 Å². The number of carbonyl (C=O) groups is 1. The summed E-state index contributed by atoms with van der Waals surface area (Å²) in [6.45, 7) is 2.21. The fraction of sp³-hybridized carbons (Fsp3) is 0.368. The maximum Gasteiger partial charge on any atom is 0.227 e. The Morgan fingerprint density at radius 3 is 2.96 bits per heavy atom. The van der Waals surface area contributed by atoms with Gasteiger partial charge in [-0.05, 0) is 28.0 Å². The molecular weight excluding hydrogens is 368 g/mol. The number of hydrogen-bond donors (Lipinski definition) is 1. The topological polar surface area (TPSA) is 50.2 Å². The van der Waals surface area contributed by atoms with Crippen LogP contribution in [0.1, 0.15) is 17.0 Å². The minimum absolute atomic E-state index is 0. The normalized spacial score (nSPS) is 19.5. The molecule has 0 aliphatic carbocycles. The van der Waals surface area contributed by atoms with Crippen LogP contribution < -0.4 is 5.32 Å². The highest BCUT2D eigenvalue weighted by Gasteiger charge is 2.36. The molecule has 0 spiro atoms. The Morgan fingerprint density at radius 1 is 1.38 bits per heavy atom. The Morgan fingerprint density at radius 2 is 2.19 bits per heavy atom. The van der Waals surface area contributed by atoms with Crippen molar-refractivity contribution in [3.05, 3.63) is 53.2 Å². The fourth-order valence-corrected chi connectivity index (χ4v) is 4.65. The van der Waals surface area contributed by atoms with E-state index < -0.39 is 0 Å². The van der Waals surface area contributed by atoms with Gasteiger partial charge in [0.2, 0.25) is 5.91 Å². The van der Waals surface area contributed by atoms with E-state index >= 15 is 0 Å². The Kier molecular flexibility index (Phi) is 5.65. The van der Waals surface area contributed by atoms with Gasteiger partial charge in [0, 0.05) is 50.5 Å². The van der Waals surface area contributed by atoms with E-state index in [1.165, 1.54) is 15.6 Å². The van der Waals surface area contributed by atoms with Gasteiger partial charge in [-0.3, -0.25) is 9.48 Å². The summed E-state index contributed by atoms with van der Waals surface area (Å²) in [6.07, 6.45) is 3.90. The molecule has 26 heavy (non-hydrogen) atoms. The van der Waals surface area contributed by atoms with E-state index in [-0.39, 0.29) is 30.2 Å². The van der Waals surface area contributed by atoms with Gasteiger partial charge in [-0.25, -0.2) is 0 Å². The van der Waals surface area contributed by atoms with E-state index in [0.29, 0.717) is 6.54 Å². The van der Waals surface area contributed by atoms with Crippen molar-refractivity contribution in [3.63, 3.8) is 0 Å². The molecule has 3 aromatic rings. The van der Waals surface area contributed by atoms with Gasteiger partial charge in [0.25, 0.3) is 0 Å². The predicted octanol–water partition coefficient (Wildman–Crippen LogP) is 3.02. The van der Waals surface area contributed by atoms with E-state index in [0.717, 1.165) is 18.7 Å². The molecule has 0 saturated carbocycles. The van der Waals surface area contributed by atoms with Crippen LogP contribution in [0, 0.1) is 5.92 Å². The summed E-state index contributed by atoms with van der Waals surface area (Å²) in [4.78, 5) is 14.9. The number of rotatable bonds is 4. The summed E-state index contributed by atoms with van der Waals surface area (Å²) in [5, 5.41) is 11.0. The quantitative estimate of drug-likeness (QED) is 0.745. The lowest BCUT2D eigenvalue weighted by molar-refractivity contribution is -0.134.